The highest BCUT2D eigenvalue weighted by Crippen LogP contribution is 2.31. The minimum absolute atomic E-state index is 0.0412. The van der Waals surface area contributed by atoms with Crippen molar-refractivity contribution in [1.29, 1.82) is 0 Å². The molecule has 0 aromatic heterocycles. The molecule has 0 fully saturated rings. The molecule has 21 heavy (non-hydrogen) atoms. The maximum absolute atomic E-state index is 12.0. The fourth-order valence-electron chi connectivity index (χ4n) is 2.24. The van der Waals surface area contributed by atoms with Gasteiger partial charge in [-0.25, -0.2) is 8.42 Å². The molecule has 1 aromatic rings. The number of sulfonamides is 1. The number of Topliss-reactive ketones (excluding diaryl/α,β-unsaturated/α-hetero) is 1. The quantitative estimate of drug-likeness (QED) is 0.602. The molecule has 0 aliphatic carbocycles. The van der Waals surface area contributed by atoms with Crippen molar-refractivity contribution in [2.75, 3.05) is 23.2 Å². The van der Waals surface area contributed by atoms with Crippen molar-refractivity contribution in [3.8, 4) is 0 Å². The zero-order valence-electron chi connectivity index (χ0n) is 12.0. The summed E-state index contributed by atoms with van der Waals surface area (Å²) in [6.07, 6.45) is 0.573. The van der Waals surface area contributed by atoms with Gasteiger partial charge in [-0.05, 0) is 37.1 Å². The van der Waals surface area contributed by atoms with E-state index in [-0.39, 0.29) is 18.1 Å². The van der Waals surface area contributed by atoms with E-state index in [1.165, 1.54) is 11.2 Å². The Bertz CT molecular complexity index is 681. The molecule has 0 unspecified atom stereocenters. The number of anilines is 1. The molecule has 0 N–H and O–H groups in total. The molecule has 0 atom stereocenters. The number of nitrogens with zero attached hydrogens (tertiary/aromatic N) is 1. The summed E-state index contributed by atoms with van der Waals surface area (Å²) in [7, 11) is -3.29. The predicted octanol–water partition coefficient (Wildman–Crippen LogP) is 1.14. The first-order valence-electron chi connectivity index (χ1n) is 6.65. The van der Waals surface area contributed by atoms with E-state index in [0.717, 1.165) is 5.56 Å². The van der Waals surface area contributed by atoms with Crippen molar-refractivity contribution in [3.63, 3.8) is 0 Å². The summed E-state index contributed by atoms with van der Waals surface area (Å²) in [5, 5.41) is 0. The highest BCUT2D eigenvalue weighted by atomic mass is 32.2. The van der Waals surface area contributed by atoms with Crippen molar-refractivity contribution in [2.24, 2.45) is 0 Å². The van der Waals surface area contributed by atoms with Gasteiger partial charge in [-0.3, -0.25) is 13.9 Å². The molecule has 0 saturated heterocycles. The lowest BCUT2D eigenvalue weighted by atomic mass is 10.1. The van der Waals surface area contributed by atoms with Crippen LogP contribution in [0, 0.1) is 0 Å². The first kappa shape index (κ1) is 15.5. The molecule has 1 aliphatic rings. The van der Waals surface area contributed by atoms with Crippen molar-refractivity contribution >= 4 is 27.5 Å². The summed E-state index contributed by atoms with van der Waals surface area (Å²) in [5.74, 6) is -0.769. The van der Waals surface area contributed by atoms with E-state index in [4.69, 9.17) is 0 Å². The number of hydrogen-bond acceptors (Lipinski definition) is 5. The second kappa shape index (κ2) is 5.85. The molecule has 0 radical (unpaired) electrons. The van der Waals surface area contributed by atoms with E-state index in [1.807, 2.05) is 0 Å². The lowest BCUT2D eigenvalue weighted by molar-refractivity contribution is -0.139. The monoisotopic (exact) mass is 311 g/mol. The van der Waals surface area contributed by atoms with Crippen LogP contribution in [0.3, 0.4) is 0 Å². The summed E-state index contributed by atoms with van der Waals surface area (Å²) in [4.78, 5) is 22.6. The van der Waals surface area contributed by atoms with Crippen LogP contribution < -0.4 is 4.31 Å². The Balaban J connectivity index is 2.22. The molecule has 1 aliphatic heterocycles. The van der Waals surface area contributed by atoms with Gasteiger partial charge in [-0.15, -0.1) is 0 Å². The smallest absolute Gasteiger partial charge is 0.303 e. The van der Waals surface area contributed by atoms with Crippen molar-refractivity contribution in [1.82, 2.24) is 0 Å². The van der Waals surface area contributed by atoms with Gasteiger partial charge in [0, 0.05) is 19.0 Å². The Hall–Kier alpha value is -1.89. The molecule has 6 nitrogen and oxygen atoms in total. The fraction of sp³-hybridized carbons (Fsp3) is 0.429. The number of benzene rings is 1. The number of hydrogen-bond donors (Lipinski definition) is 0. The highest BCUT2D eigenvalue weighted by molar-refractivity contribution is 7.92. The Morgan fingerprint density at radius 1 is 1.33 bits per heavy atom. The van der Waals surface area contributed by atoms with Gasteiger partial charge in [0.1, 0.15) is 0 Å². The zero-order valence-corrected chi connectivity index (χ0v) is 12.8. The highest BCUT2D eigenvalue weighted by Gasteiger charge is 2.28. The molecule has 0 spiro atoms. The molecule has 1 heterocycles. The summed E-state index contributed by atoms with van der Waals surface area (Å²) >= 11 is 0. The number of carbonyl (C=O) groups excluding carboxylic acids is 2. The van der Waals surface area contributed by atoms with Gasteiger partial charge in [0.15, 0.2) is 12.4 Å². The van der Waals surface area contributed by atoms with Crippen LogP contribution >= 0.6 is 0 Å². The molecule has 0 amide bonds. The Labute approximate surface area is 123 Å². The largest absolute Gasteiger partial charge is 0.457 e. The maximum Gasteiger partial charge on any atom is 0.303 e. The molecule has 114 valence electrons. The summed E-state index contributed by atoms with van der Waals surface area (Å²) in [5.41, 5.74) is 1.87. The Morgan fingerprint density at radius 3 is 2.67 bits per heavy atom. The van der Waals surface area contributed by atoms with Gasteiger partial charge in [0.2, 0.25) is 10.0 Å². The van der Waals surface area contributed by atoms with Crippen LogP contribution in [0.25, 0.3) is 0 Å². The summed E-state index contributed by atoms with van der Waals surface area (Å²) in [6.45, 7) is 2.94. The molecule has 0 bridgehead atoms. The number of fused-ring (bicyclic) bond motifs is 1. The van der Waals surface area contributed by atoms with Crippen LogP contribution in [0.15, 0.2) is 18.2 Å². The van der Waals surface area contributed by atoms with Crippen molar-refractivity contribution < 1.29 is 22.7 Å². The molecular formula is C14H17NO5S. The first-order valence-corrected chi connectivity index (χ1v) is 8.26. The van der Waals surface area contributed by atoms with Crippen LogP contribution in [-0.4, -0.2) is 39.1 Å². The number of carbonyl (C=O) groups is 2. The van der Waals surface area contributed by atoms with E-state index in [2.05, 4.69) is 4.74 Å². The minimum Gasteiger partial charge on any atom is -0.457 e. The average Bonchev–Trinajstić information content (AvgIpc) is 2.88. The average molecular weight is 311 g/mol. The molecule has 2 rings (SSSR count). The topological polar surface area (TPSA) is 80.8 Å². The van der Waals surface area contributed by atoms with Crippen molar-refractivity contribution in [3.05, 3.63) is 29.3 Å². The third-order valence-electron chi connectivity index (χ3n) is 3.36. The van der Waals surface area contributed by atoms with Gasteiger partial charge in [-0.2, -0.15) is 0 Å². The summed E-state index contributed by atoms with van der Waals surface area (Å²) in [6, 6.07) is 4.87. The minimum atomic E-state index is -3.29. The van der Waals surface area contributed by atoms with E-state index >= 15 is 0 Å². The third-order valence-corrected chi connectivity index (χ3v) is 5.14. The second-order valence-electron chi connectivity index (χ2n) is 4.77. The standard InChI is InChI=1S/C14H17NO5S/c1-3-21(18,19)15-7-6-11-8-12(4-5-13(11)15)14(17)9-20-10(2)16/h4-5,8H,3,6-7,9H2,1-2H3. The van der Waals surface area contributed by atoms with E-state index in [1.54, 1.807) is 25.1 Å². The number of esters is 1. The first-order chi connectivity index (χ1) is 9.85. The van der Waals surface area contributed by atoms with Crippen LogP contribution in [0.2, 0.25) is 0 Å². The summed E-state index contributed by atoms with van der Waals surface area (Å²) < 4.78 is 30.0. The Morgan fingerprint density at radius 2 is 2.05 bits per heavy atom. The lowest BCUT2D eigenvalue weighted by Crippen LogP contribution is -2.30. The van der Waals surface area contributed by atoms with Crippen LogP contribution in [0.1, 0.15) is 29.8 Å². The second-order valence-corrected chi connectivity index (χ2v) is 6.95. The molecule has 0 saturated carbocycles. The normalized spacial score (nSPS) is 13.9. The van der Waals surface area contributed by atoms with Gasteiger partial charge in [-0.1, -0.05) is 0 Å². The Kier molecular flexibility index (Phi) is 4.32. The number of rotatable bonds is 5. The van der Waals surface area contributed by atoms with Gasteiger partial charge in [0.05, 0.1) is 11.4 Å². The molecule has 7 heteroatoms. The van der Waals surface area contributed by atoms with Crippen LogP contribution in [0.5, 0.6) is 0 Å². The van der Waals surface area contributed by atoms with E-state index in [0.29, 0.717) is 24.2 Å². The lowest BCUT2D eigenvalue weighted by Gasteiger charge is -2.18. The third kappa shape index (κ3) is 3.24. The van der Waals surface area contributed by atoms with E-state index < -0.39 is 16.0 Å². The fourth-order valence-corrected chi connectivity index (χ4v) is 3.40. The van der Waals surface area contributed by atoms with Crippen LogP contribution in [0.4, 0.5) is 5.69 Å². The zero-order chi connectivity index (χ0) is 15.6. The number of ketones is 1. The number of ether oxygens (including phenoxy) is 1. The predicted molar refractivity (Wildman–Crippen MR) is 77.9 cm³/mol. The molecule has 1 aromatic carbocycles. The van der Waals surface area contributed by atoms with Crippen molar-refractivity contribution in [2.45, 2.75) is 20.3 Å². The van der Waals surface area contributed by atoms with Gasteiger partial charge >= 0.3 is 5.97 Å². The SMILES string of the molecule is CCS(=O)(=O)N1CCc2cc(C(=O)COC(C)=O)ccc21. The maximum atomic E-state index is 12.0. The van der Waals surface area contributed by atoms with E-state index in [9.17, 15) is 18.0 Å². The van der Waals surface area contributed by atoms with Gasteiger partial charge in [0.25, 0.3) is 0 Å². The van der Waals surface area contributed by atoms with Gasteiger partial charge < -0.3 is 4.74 Å². The van der Waals surface area contributed by atoms with Crippen LogP contribution in [-0.2, 0) is 26.0 Å². The molecular weight excluding hydrogens is 294 g/mol.